The van der Waals surface area contributed by atoms with E-state index < -0.39 is 0 Å². The van der Waals surface area contributed by atoms with Gasteiger partial charge in [0.25, 0.3) is 0 Å². The van der Waals surface area contributed by atoms with Crippen LogP contribution in [0.25, 0.3) is 0 Å². The highest BCUT2D eigenvalue weighted by Crippen LogP contribution is 2.27. The molecule has 1 aromatic rings. The second-order valence-corrected chi connectivity index (χ2v) is 4.80. The van der Waals surface area contributed by atoms with Gasteiger partial charge < -0.3 is 9.47 Å². The Morgan fingerprint density at radius 3 is 2.26 bits per heavy atom. The molecule has 1 fully saturated rings. The fourth-order valence-electron chi connectivity index (χ4n) is 2.57. The lowest BCUT2D eigenvalue weighted by Gasteiger charge is -2.33. The number of hydrogen-bond donors (Lipinski definition) is 0. The maximum atomic E-state index is 12.1. The van der Waals surface area contributed by atoms with Gasteiger partial charge in [-0.25, -0.2) is 4.79 Å². The Morgan fingerprint density at radius 2 is 1.74 bits per heavy atom. The standard InChI is InChI=1S/C15H21NO3/c1-18-13-8-6-12(7-9-13)14(15(17)19-2)16-10-4-3-5-11-16/h6-9,14H,3-5,10-11H2,1-2H3. The van der Waals surface area contributed by atoms with Crippen molar-refractivity contribution in [3.05, 3.63) is 29.8 Å². The van der Waals surface area contributed by atoms with E-state index in [9.17, 15) is 4.79 Å². The van der Waals surface area contributed by atoms with Crippen LogP contribution in [0.15, 0.2) is 24.3 Å². The van der Waals surface area contributed by atoms with E-state index in [0.29, 0.717) is 0 Å². The summed E-state index contributed by atoms with van der Waals surface area (Å²) in [5, 5.41) is 0. The van der Waals surface area contributed by atoms with Crippen LogP contribution in [0.1, 0.15) is 30.9 Å². The molecule has 2 rings (SSSR count). The molecule has 19 heavy (non-hydrogen) atoms. The van der Waals surface area contributed by atoms with Gasteiger partial charge in [-0.3, -0.25) is 4.90 Å². The van der Waals surface area contributed by atoms with Gasteiger partial charge in [-0.05, 0) is 43.6 Å². The molecule has 104 valence electrons. The van der Waals surface area contributed by atoms with Crippen LogP contribution >= 0.6 is 0 Å². The van der Waals surface area contributed by atoms with Crippen LogP contribution in [0.5, 0.6) is 5.75 Å². The second-order valence-electron chi connectivity index (χ2n) is 4.80. The minimum absolute atomic E-state index is 0.188. The van der Waals surface area contributed by atoms with Crippen LogP contribution in [0, 0.1) is 0 Å². The minimum atomic E-state index is -0.295. The number of esters is 1. The second kappa shape index (κ2) is 6.57. The summed E-state index contributed by atoms with van der Waals surface area (Å²) in [6.07, 6.45) is 3.53. The fourth-order valence-corrected chi connectivity index (χ4v) is 2.57. The smallest absolute Gasteiger partial charge is 0.327 e. The molecule has 0 aromatic heterocycles. The SMILES string of the molecule is COC(=O)C(c1ccc(OC)cc1)N1CCCCC1. The van der Waals surface area contributed by atoms with Gasteiger partial charge in [-0.2, -0.15) is 0 Å². The maximum absolute atomic E-state index is 12.1. The van der Waals surface area contributed by atoms with Crippen LogP contribution < -0.4 is 4.74 Å². The summed E-state index contributed by atoms with van der Waals surface area (Å²) in [5.41, 5.74) is 0.967. The van der Waals surface area contributed by atoms with Gasteiger partial charge in [0, 0.05) is 0 Å². The Kier molecular flexibility index (Phi) is 4.80. The number of rotatable bonds is 4. The largest absolute Gasteiger partial charge is 0.497 e. The summed E-state index contributed by atoms with van der Waals surface area (Å²) in [6, 6.07) is 7.35. The third-order valence-corrected chi connectivity index (χ3v) is 3.61. The van der Waals surface area contributed by atoms with Crippen molar-refractivity contribution >= 4 is 5.97 Å². The van der Waals surface area contributed by atoms with Gasteiger partial charge in [-0.15, -0.1) is 0 Å². The third-order valence-electron chi connectivity index (χ3n) is 3.61. The fraction of sp³-hybridized carbons (Fsp3) is 0.533. The molecule has 0 bridgehead atoms. The maximum Gasteiger partial charge on any atom is 0.327 e. The number of benzene rings is 1. The molecule has 1 aliphatic rings. The van der Waals surface area contributed by atoms with Gasteiger partial charge in [0.1, 0.15) is 11.8 Å². The summed E-state index contributed by atoms with van der Waals surface area (Å²) in [5.74, 6) is 0.609. The average molecular weight is 263 g/mol. The highest BCUT2D eigenvalue weighted by atomic mass is 16.5. The molecule has 4 nitrogen and oxygen atoms in total. The first-order valence-electron chi connectivity index (χ1n) is 6.72. The Balaban J connectivity index is 2.22. The lowest BCUT2D eigenvalue weighted by Crippen LogP contribution is -2.38. The van der Waals surface area contributed by atoms with E-state index in [1.807, 2.05) is 24.3 Å². The van der Waals surface area contributed by atoms with Crippen molar-refractivity contribution in [3.8, 4) is 5.75 Å². The molecule has 1 heterocycles. The van der Waals surface area contributed by atoms with E-state index >= 15 is 0 Å². The summed E-state index contributed by atoms with van der Waals surface area (Å²) in [4.78, 5) is 14.3. The molecule has 1 unspecified atom stereocenters. The molecule has 1 atom stereocenters. The monoisotopic (exact) mass is 263 g/mol. The van der Waals surface area contributed by atoms with Gasteiger partial charge in [0.15, 0.2) is 0 Å². The van der Waals surface area contributed by atoms with Crippen molar-refractivity contribution < 1.29 is 14.3 Å². The van der Waals surface area contributed by atoms with Crippen LogP contribution in [0.3, 0.4) is 0 Å². The molecule has 0 spiro atoms. The molecule has 1 aromatic carbocycles. The number of carbonyl (C=O) groups excluding carboxylic acids is 1. The summed E-state index contributed by atoms with van der Waals surface area (Å²) >= 11 is 0. The minimum Gasteiger partial charge on any atom is -0.497 e. The molecule has 0 amide bonds. The van der Waals surface area contributed by atoms with E-state index in [0.717, 1.165) is 37.2 Å². The number of nitrogens with zero attached hydrogens (tertiary/aromatic N) is 1. The molecule has 4 heteroatoms. The molecule has 0 saturated carbocycles. The van der Waals surface area contributed by atoms with Gasteiger partial charge >= 0.3 is 5.97 Å². The van der Waals surface area contributed by atoms with Crippen LogP contribution in [0.4, 0.5) is 0 Å². The van der Waals surface area contributed by atoms with Crippen molar-refractivity contribution in [2.24, 2.45) is 0 Å². The topological polar surface area (TPSA) is 38.8 Å². The molecule has 1 saturated heterocycles. The highest BCUT2D eigenvalue weighted by Gasteiger charge is 2.29. The van der Waals surface area contributed by atoms with Crippen molar-refractivity contribution in [3.63, 3.8) is 0 Å². The predicted octanol–water partition coefficient (Wildman–Crippen LogP) is 2.40. The van der Waals surface area contributed by atoms with Crippen molar-refractivity contribution in [1.29, 1.82) is 0 Å². The van der Waals surface area contributed by atoms with Crippen molar-refractivity contribution in [2.75, 3.05) is 27.3 Å². The van der Waals surface area contributed by atoms with E-state index in [1.54, 1.807) is 7.11 Å². The summed E-state index contributed by atoms with van der Waals surface area (Å²) < 4.78 is 10.1. The average Bonchev–Trinajstić information content (AvgIpc) is 2.49. The van der Waals surface area contributed by atoms with E-state index in [2.05, 4.69) is 4.90 Å². The van der Waals surface area contributed by atoms with Crippen LogP contribution in [-0.2, 0) is 9.53 Å². The number of likely N-dealkylation sites (tertiary alicyclic amines) is 1. The van der Waals surface area contributed by atoms with Gasteiger partial charge in [0.05, 0.1) is 14.2 Å². The highest BCUT2D eigenvalue weighted by molar-refractivity contribution is 5.77. The Hall–Kier alpha value is -1.55. The first kappa shape index (κ1) is 13.9. The molecular formula is C15H21NO3. The zero-order valence-electron chi connectivity index (χ0n) is 11.6. The first-order chi connectivity index (χ1) is 9.26. The molecule has 0 N–H and O–H groups in total. The molecule has 0 radical (unpaired) electrons. The van der Waals surface area contributed by atoms with Crippen molar-refractivity contribution in [1.82, 2.24) is 4.90 Å². The van der Waals surface area contributed by atoms with E-state index in [4.69, 9.17) is 9.47 Å². The predicted molar refractivity (Wildman–Crippen MR) is 73.2 cm³/mol. The van der Waals surface area contributed by atoms with Crippen molar-refractivity contribution in [2.45, 2.75) is 25.3 Å². The number of ether oxygens (including phenoxy) is 2. The van der Waals surface area contributed by atoms with Gasteiger partial charge in [-0.1, -0.05) is 18.6 Å². The summed E-state index contributed by atoms with van der Waals surface area (Å²) in [6.45, 7) is 1.90. The summed E-state index contributed by atoms with van der Waals surface area (Å²) in [7, 11) is 3.08. The van der Waals surface area contributed by atoms with Crippen LogP contribution in [-0.4, -0.2) is 38.2 Å². The normalized spacial score (nSPS) is 17.8. The number of hydrogen-bond acceptors (Lipinski definition) is 4. The first-order valence-corrected chi connectivity index (χ1v) is 6.72. The van der Waals surface area contributed by atoms with E-state index in [1.165, 1.54) is 13.5 Å². The zero-order valence-corrected chi connectivity index (χ0v) is 11.6. The lowest BCUT2D eigenvalue weighted by atomic mass is 10.0. The molecular weight excluding hydrogens is 242 g/mol. The third kappa shape index (κ3) is 3.26. The molecule has 1 aliphatic heterocycles. The number of carbonyl (C=O) groups is 1. The Morgan fingerprint density at radius 1 is 1.11 bits per heavy atom. The number of methoxy groups -OCH3 is 2. The lowest BCUT2D eigenvalue weighted by molar-refractivity contribution is -0.147. The number of piperidine rings is 1. The molecule has 0 aliphatic carbocycles. The van der Waals surface area contributed by atoms with E-state index in [-0.39, 0.29) is 12.0 Å². The quantitative estimate of drug-likeness (QED) is 0.782. The zero-order chi connectivity index (χ0) is 13.7. The van der Waals surface area contributed by atoms with Crippen LogP contribution in [0.2, 0.25) is 0 Å². The Bertz CT molecular complexity index is 410. The Labute approximate surface area is 114 Å². The van der Waals surface area contributed by atoms with Gasteiger partial charge in [0.2, 0.25) is 0 Å².